The standard InChI is InChI=1S/C17H22ClN5O/c1-2-23-7-4-16(20-23)13-21-5-3-6-22(9-8-21)17(24)14-10-15(18)12-19-11-14/h4,7,10-12H,2-3,5-6,8-9,13H2,1H3. The van der Waals surface area contributed by atoms with E-state index in [1.165, 1.54) is 6.20 Å². The maximum atomic E-state index is 12.6. The molecule has 0 aliphatic carbocycles. The number of amides is 1. The molecule has 1 aliphatic heterocycles. The molecule has 1 saturated heterocycles. The van der Waals surface area contributed by atoms with Gasteiger partial charge < -0.3 is 4.90 Å². The molecule has 0 unspecified atom stereocenters. The molecule has 1 aliphatic rings. The molecule has 3 rings (SSSR count). The van der Waals surface area contributed by atoms with E-state index in [2.05, 4.69) is 28.0 Å². The van der Waals surface area contributed by atoms with Gasteiger partial charge in [0, 0.05) is 57.9 Å². The Kier molecular flexibility index (Phi) is 5.48. The lowest BCUT2D eigenvalue weighted by Gasteiger charge is -2.21. The number of carbonyl (C=O) groups is 1. The second-order valence-corrected chi connectivity index (χ2v) is 6.41. The molecule has 128 valence electrons. The smallest absolute Gasteiger partial charge is 0.255 e. The summed E-state index contributed by atoms with van der Waals surface area (Å²) in [4.78, 5) is 20.8. The van der Waals surface area contributed by atoms with Crippen molar-refractivity contribution in [2.75, 3.05) is 26.2 Å². The van der Waals surface area contributed by atoms with E-state index in [4.69, 9.17) is 11.6 Å². The van der Waals surface area contributed by atoms with Gasteiger partial charge in [-0.05, 0) is 25.5 Å². The Bertz CT molecular complexity index is 702. The van der Waals surface area contributed by atoms with Gasteiger partial charge in [0.1, 0.15) is 0 Å². The molecule has 24 heavy (non-hydrogen) atoms. The van der Waals surface area contributed by atoms with Crippen molar-refractivity contribution < 1.29 is 4.79 Å². The van der Waals surface area contributed by atoms with Crippen LogP contribution in [-0.4, -0.2) is 56.7 Å². The summed E-state index contributed by atoms with van der Waals surface area (Å²) in [5, 5.41) is 5.03. The predicted molar refractivity (Wildman–Crippen MR) is 92.9 cm³/mol. The minimum absolute atomic E-state index is 0.00195. The van der Waals surface area contributed by atoms with Crippen molar-refractivity contribution in [3.63, 3.8) is 0 Å². The molecule has 0 radical (unpaired) electrons. The van der Waals surface area contributed by atoms with Crippen LogP contribution in [0.15, 0.2) is 30.7 Å². The average Bonchev–Trinajstić information content (AvgIpc) is 2.91. The summed E-state index contributed by atoms with van der Waals surface area (Å²) in [7, 11) is 0. The third-order valence-electron chi connectivity index (χ3n) is 4.23. The largest absolute Gasteiger partial charge is 0.337 e. The van der Waals surface area contributed by atoms with E-state index in [1.807, 2.05) is 15.8 Å². The summed E-state index contributed by atoms with van der Waals surface area (Å²) in [6.45, 7) is 7.07. The molecule has 0 spiro atoms. The Labute approximate surface area is 147 Å². The summed E-state index contributed by atoms with van der Waals surface area (Å²) in [5.41, 5.74) is 1.63. The molecule has 7 heteroatoms. The zero-order valence-electron chi connectivity index (χ0n) is 13.9. The van der Waals surface area contributed by atoms with E-state index in [9.17, 15) is 4.79 Å². The van der Waals surface area contributed by atoms with Crippen molar-refractivity contribution in [2.45, 2.75) is 26.4 Å². The third kappa shape index (κ3) is 4.13. The molecule has 2 aromatic heterocycles. The minimum Gasteiger partial charge on any atom is -0.337 e. The topological polar surface area (TPSA) is 54.3 Å². The lowest BCUT2D eigenvalue weighted by atomic mass is 10.2. The molecule has 0 aromatic carbocycles. The summed E-state index contributed by atoms with van der Waals surface area (Å²) in [5.74, 6) is 0.00195. The SMILES string of the molecule is CCn1ccc(CN2CCCN(C(=O)c3cncc(Cl)c3)CC2)n1. The molecular formula is C17H22ClN5O. The maximum Gasteiger partial charge on any atom is 0.255 e. The van der Waals surface area contributed by atoms with Crippen LogP contribution in [0.2, 0.25) is 5.02 Å². The highest BCUT2D eigenvalue weighted by molar-refractivity contribution is 6.30. The van der Waals surface area contributed by atoms with Gasteiger partial charge in [0.2, 0.25) is 0 Å². The molecule has 6 nitrogen and oxygen atoms in total. The normalized spacial score (nSPS) is 16.2. The first-order valence-corrected chi connectivity index (χ1v) is 8.68. The number of halogens is 1. The van der Waals surface area contributed by atoms with Gasteiger partial charge in [-0.25, -0.2) is 0 Å². The highest BCUT2D eigenvalue weighted by Gasteiger charge is 2.21. The number of carbonyl (C=O) groups excluding carboxylic acids is 1. The highest BCUT2D eigenvalue weighted by atomic mass is 35.5. The van der Waals surface area contributed by atoms with E-state index in [-0.39, 0.29) is 5.91 Å². The number of hydrogen-bond donors (Lipinski definition) is 0. The predicted octanol–water partition coefficient (Wildman–Crippen LogP) is 2.30. The fourth-order valence-electron chi connectivity index (χ4n) is 2.94. The molecule has 2 aromatic rings. The molecule has 3 heterocycles. The monoisotopic (exact) mass is 347 g/mol. The summed E-state index contributed by atoms with van der Waals surface area (Å²) >= 11 is 5.94. The molecule has 0 N–H and O–H groups in total. The maximum absolute atomic E-state index is 12.6. The molecule has 1 fully saturated rings. The van der Waals surface area contributed by atoms with Crippen LogP contribution in [0.1, 0.15) is 29.4 Å². The van der Waals surface area contributed by atoms with Gasteiger partial charge in [-0.3, -0.25) is 19.4 Å². The number of hydrogen-bond acceptors (Lipinski definition) is 4. The van der Waals surface area contributed by atoms with E-state index in [0.717, 1.165) is 44.8 Å². The fraction of sp³-hybridized carbons (Fsp3) is 0.471. The first-order chi connectivity index (χ1) is 11.7. The van der Waals surface area contributed by atoms with Gasteiger partial charge in [0.15, 0.2) is 0 Å². The van der Waals surface area contributed by atoms with Crippen LogP contribution in [0.5, 0.6) is 0 Å². The van der Waals surface area contributed by atoms with Crippen LogP contribution in [0, 0.1) is 0 Å². The zero-order valence-corrected chi connectivity index (χ0v) is 14.6. The van der Waals surface area contributed by atoms with Crippen molar-refractivity contribution in [1.82, 2.24) is 24.6 Å². The molecule has 0 bridgehead atoms. The van der Waals surface area contributed by atoms with Crippen LogP contribution in [-0.2, 0) is 13.1 Å². The van der Waals surface area contributed by atoms with Gasteiger partial charge in [0.25, 0.3) is 5.91 Å². The fourth-order valence-corrected chi connectivity index (χ4v) is 3.11. The van der Waals surface area contributed by atoms with Crippen LogP contribution >= 0.6 is 11.6 Å². The van der Waals surface area contributed by atoms with Gasteiger partial charge in [0.05, 0.1) is 16.3 Å². The summed E-state index contributed by atoms with van der Waals surface area (Å²) in [6.07, 6.45) is 6.08. The Balaban J connectivity index is 1.59. The molecule has 0 atom stereocenters. The van der Waals surface area contributed by atoms with E-state index < -0.39 is 0 Å². The Morgan fingerprint density at radius 1 is 1.25 bits per heavy atom. The van der Waals surface area contributed by atoms with Crippen molar-refractivity contribution in [3.8, 4) is 0 Å². The second kappa shape index (κ2) is 7.77. The van der Waals surface area contributed by atoms with Crippen LogP contribution < -0.4 is 0 Å². The summed E-state index contributed by atoms with van der Waals surface area (Å²) < 4.78 is 1.94. The first-order valence-electron chi connectivity index (χ1n) is 8.30. The molecular weight excluding hydrogens is 326 g/mol. The number of nitrogens with zero attached hydrogens (tertiary/aromatic N) is 5. The average molecular weight is 348 g/mol. The van der Waals surface area contributed by atoms with E-state index >= 15 is 0 Å². The third-order valence-corrected chi connectivity index (χ3v) is 4.44. The number of aromatic nitrogens is 3. The number of rotatable bonds is 4. The van der Waals surface area contributed by atoms with Crippen molar-refractivity contribution in [3.05, 3.63) is 47.0 Å². The minimum atomic E-state index is 0.00195. The zero-order chi connectivity index (χ0) is 16.9. The van der Waals surface area contributed by atoms with Crippen molar-refractivity contribution >= 4 is 17.5 Å². The highest BCUT2D eigenvalue weighted by Crippen LogP contribution is 2.14. The van der Waals surface area contributed by atoms with Gasteiger partial charge in [-0.1, -0.05) is 11.6 Å². The first kappa shape index (κ1) is 16.9. The quantitative estimate of drug-likeness (QED) is 0.851. The number of pyridine rings is 1. The van der Waals surface area contributed by atoms with Crippen LogP contribution in [0.3, 0.4) is 0 Å². The van der Waals surface area contributed by atoms with E-state index in [1.54, 1.807) is 12.3 Å². The lowest BCUT2D eigenvalue weighted by molar-refractivity contribution is 0.0760. The Morgan fingerprint density at radius 3 is 2.88 bits per heavy atom. The van der Waals surface area contributed by atoms with Gasteiger partial charge in [-0.15, -0.1) is 0 Å². The van der Waals surface area contributed by atoms with Crippen LogP contribution in [0.25, 0.3) is 0 Å². The summed E-state index contributed by atoms with van der Waals surface area (Å²) in [6, 6.07) is 3.74. The van der Waals surface area contributed by atoms with Crippen molar-refractivity contribution in [1.29, 1.82) is 0 Å². The number of aryl methyl sites for hydroxylation is 1. The van der Waals surface area contributed by atoms with Crippen LogP contribution in [0.4, 0.5) is 0 Å². The molecule has 1 amide bonds. The Hall–Kier alpha value is -1.92. The van der Waals surface area contributed by atoms with Gasteiger partial charge >= 0.3 is 0 Å². The molecule has 0 saturated carbocycles. The van der Waals surface area contributed by atoms with Crippen molar-refractivity contribution in [2.24, 2.45) is 0 Å². The lowest BCUT2D eigenvalue weighted by Crippen LogP contribution is -2.35. The second-order valence-electron chi connectivity index (χ2n) is 5.98. The van der Waals surface area contributed by atoms with E-state index in [0.29, 0.717) is 17.1 Å². The van der Waals surface area contributed by atoms with Gasteiger partial charge in [-0.2, -0.15) is 5.10 Å². The Morgan fingerprint density at radius 2 is 2.12 bits per heavy atom.